The molecule has 2 atom stereocenters. The van der Waals surface area contributed by atoms with Crippen LogP contribution in [-0.4, -0.2) is 27.6 Å². The van der Waals surface area contributed by atoms with Gasteiger partial charge >= 0.3 is 0 Å². The largest absolute Gasteiger partial charge is 0.411 e. The van der Waals surface area contributed by atoms with Crippen LogP contribution in [-0.2, 0) is 9.16 Å². The predicted molar refractivity (Wildman–Crippen MR) is 62.1 cm³/mol. The van der Waals surface area contributed by atoms with Crippen LogP contribution < -0.4 is 0 Å². The highest BCUT2D eigenvalue weighted by Gasteiger charge is 2.41. The van der Waals surface area contributed by atoms with Crippen molar-refractivity contribution in [3.05, 3.63) is 0 Å². The fourth-order valence-electron chi connectivity index (χ4n) is 1.35. The lowest BCUT2D eigenvalue weighted by Gasteiger charge is -2.39. The van der Waals surface area contributed by atoms with Crippen molar-refractivity contribution in [3.63, 3.8) is 0 Å². The third kappa shape index (κ3) is 2.58. The Labute approximate surface area is 89.1 Å². The molecule has 0 aliphatic carbocycles. The lowest BCUT2D eigenvalue weighted by Crippen LogP contribution is -2.45. The zero-order valence-electron chi connectivity index (χ0n) is 10.4. The van der Waals surface area contributed by atoms with E-state index in [9.17, 15) is 0 Å². The van der Waals surface area contributed by atoms with Gasteiger partial charge in [-0.25, -0.2) is 0 Å². The molecule has 0 unspecified atom stereocenters. The fourth-order valence-corrected chi connectivity index (χ4v) is 2.76. The molecular weight excluding hydrogens is 192 g/mol. The second-order valence-corrected chi connectivity index (χ2v) is 10.7. The number of hydrogen-bond acceptors (Lipinski definition) is 2. The molecule has 3 heteroatoms. The van der Waals surface area contributed by atoms with E-state index in [0.717, 1.165) is 13.2 Å². The van der Waals surface area contributed by atoms with Crippen molar-refractivity contribution >= 4 is 8.32 Å². The second kappa shape index (κ2) is 3.95. The molecule has 0 radical (unpaired) electrons. The maximum absolute atomic E-state index is 6.29. The van der Waals surface area contributed by atoms with E-state index in [-0.39, 0.29) is 0 Å². The van der Waals surface area contributed by atoms with Gasteiger partial charge in [-0.15, -0.1) is 0 Å². The van der Waals surface area contributed by atoms with Crippen molar-refractivity contribution in [1.82, 2.24) is 0 Å². The lowest BCUT2D eigenvalue weighted by atomic mass is 10.1. The summed E-state index contributed by atoms with van der Waals surface area (Å²) >= 11 is 0. The molecule has 1 heterocycles. The Kier molecular flexibility index (Phi) is 3.44. The van der Waals surface area contributed by atoms with E-state index in [1.54, 1.807) is 0 Å². The Morgan fingerprint density at radius 2 is 1.79 bits per heavy atom. The zero-order valence-corrected chi connectivity index (χ0v) is 11.4. The maximum atomic E-state index is 6.29. The molecule has 0 aromatic rings. The summed E-state index contributed by atoms with van der Waals surface area (Å²) in [6.07, 6.45) is 0.330. The molecule has 0 saturated carbocycles. The Bertz CT molecular complexity index is 196. The van der Waals surface area contributed by atoms with E-state index < -0.39 is 8.32 Å². The molecule has 1 aliphatic rings. The van der Waals surface area contributed by atoms with Gasteiger partial charge in [0.25, 0.3) is 0 Å². The molecule has 0 aromatic carbocycles. The number of hydrogen-bond donors (Lipinski definition) is 0. The van der Waals surface area contributed by atoms with Gasteiger partial charge in [0.05, 0.1) is 19.3 Å². The van der Waals surface area contributed by atoms with Crippen LogP contribution in [0.2, 0.25) is 18.1 Å². The normalized spacial score (nSPS) is 29.6. The smallest absolute Gasteiger partial charge is 0.192 e. The van der Waals surface area contributed by atoms with Crippen molar-refractivity contribution in [2.75, 3.05) is 13.2 Å². The molecule has 1 aliphatic heterocycles. The van der Waals surface area contributed by atoms with Crippen molar-refractivity contribution in [2.45, 2.75) is 51.9 Å². The highest BCUT2D eigenvalue weighted by Crippen LogP contribution is 2.38. The van der Waals surface area contributed by atoms with E-state index in [1.807, 2.05) is 0 Å². The van der Waals surface area contributed by atoms with Gasteiger partial charge in [0, 0.05) is 5.92 Å². The van der Waals surface area contributed by atoms with Gasteiger partial charge in [-0.1, -0.05) is 27.7 Å². The monoisotopic (exact) mass is 216 g/mol. The molecule has 1 fully saturated rings. The third-order valence-electron chi connectivity index (χ3n) is 3.55. The van der Waals surface area contributed by atoms with Crippen LogP contribution in [0.15, 0.2) is 0 Å². The molecule has 0 spiro atoms. The number of ether oxygens (including phenoxy) is 1. The first kappa shape index (κ1) is 12.2. The Morgan fingerprint density at radius 3 is 2.14 bits per heavy atom. The zero-order chi connectivity index (χ0) is 11.0. The van der Waals surface area contributed by atoms with Crippen LogP contribution in [0.25, 0.3) is 0 Å². The average Bonchev–Trinajstić information content (AvgIpc) is 2.33. The van der Waals surface area contributed by atoms with Crippen LogP contribution >= 0.6 is 0 Å². The summed E-state index contributed by atoms with van der Waals surface area (Å²) in [7, 11) is -1.59. The lowest BCUT2D eigenvalue weighted by molar-refractivity contribution is 0.126. The van der Waals surface area contributed by atoms with Crippen LogP contribution in [0.4, 0.5) is 0 Å². The minimum Gasteiger partial charge on any atom is -0.411 e. The molecule has 0 N–H and O–H groups in total. The molecular formula is C11H24O2Si. The van der Waals surface area contributed by atoms with Crippen molar-refractivity contribution in [3.8, 4) is 0 Å². The molecule has 1 rings (SSSR count). The van der Waals surface area contributed by atoms with Crippen molar-refractivity contribution in [1.29, 1.82) is 0 Å². The summed E-state index contributed by atoms with van der Waals surface area (Å²) in [6, 6.07) is 0. The standard InChI is InChI=1S/C11H24O2Si/c1-9-7-12-8-10(9)13-14(5,6)11(2,3)4/h9-10H,7-8H2,1-6H3/t9-,10+/m0/s1. The molecule has 14 heavy (non-hydrogen) atoms. The van der Waals surface area contributed by atoms with E-state index in [0.29, 0.717) is 17.1 Å². The molecule has 1 saturated heterocycles. The van der Waals surface area contributed by atoms with Gasteiger partial charge in [-0.3, -0.25) is 0 Å². The molecule has 0 bridgehead atoms. The van der Waals surface area contributed by atoms with E-state index in [1.165, 1.54) is 0 Å². The average molecular weight is 216 g/mol. The first-order valence-electron chi connectivity index (χ1n) is 5.49. The summed E-state index contributed by atoms with van der Waals surface area (Å²) in [5, 5.41) is 0.301. The molecule has 0 aromatic heterocycles. The first-order chi connectivity index (χ1) is 6.24. The second-order valence-electron chi connectivity index (χ2n) is 5.93. The Hall–Kier alpha value is 0.137. The Balaban J connectivity index is 2.58. The van der Waals surface area contributed by atoms with E-state index >= 15 is 0 Å². The summed E-state index contributed by atoms with van der Waals surface area (Å²) in [5.41, 5.74) is 0. The van der Waals surface area contributed by atoms with Crippen molar-refractivity contribution in [2.24, 2.45) is 5.92 Å². The summed E-state index contributed by atoms with van der Waals surface area (Å²) < 4.78 is 11.7. The van der Waals surface area contributed by atoms with Gasteiger partial charge < -0.3 is 9.16 Å². The highest BCUT2D eigenvalue weighted by molar-refractivity contribution is 6.74. The predicted octanol–water partition coefficient (Wildman–Crippen LogP) is 3.04. The molecule has 84 valence electrons. The fraction of sp³-hybridized carbons (Fsp3) is 1.00. The van der Waals surface area contributed by atoms with Gasteiger partial charge in [0.2, 0.25) is 0 Å². The molecule has 2 nitrogen and oxygen atoms in total. The van der Waals surface area contributed by atoms with Gasteiger partial charge in [-0.2, -0.15) is 0 Å². The van der Waals surface area contributed by atoms with Crippen LogP contribution in [0.3, 0.4) is 0 Å². The van der Waals surface area contributed by atoms with Crippen LogP contribution in [0.1, 0.15) is 27.7 Å². The van der Waals surface area contributed by atoms with Crippen LogP contribution in [0.5, 0.6) is 0 Å². The van der Waals surface area contributed by atoms with E-state index in [2.05, 4.69) is 40.8 Å². The highest BCUT2D eigenvalue weighted by atomic mass is 28.4. The van der Waals surface area contributed by atoms with Crippen LogP contribution in [0, 0.1) is 5.92 Å². The van der Waals surface area contributed by atoms with Gasteiger partial charge in [0.15, 0.2) is 8.32 Å². The third-order valence-corrected chi connectivity index (χ3v) is 8.05. The molecule has 0 amide bonds. The van der Waals surface area contributed by atoms with E-state index in [4.69, 9.17) is 9.16 Å². The SMILES string of the molecule is C[C@H]1COC[C@H]1O[Si](C)(C)C(C)(C)C. The minimum absolute atomic E-state index is 0.301. The number of rotatable bonds is 2. The minimum atomic E-state index is -1.59. The topological polar surface area (TPSA) is 18.5 Å². The first-order valence-corrected chi connectivity index (χ1v) is 8.40. The summed E-state index contributed by atoms with van der Waals surface area (Å²) in [4.78, 5) is 0. The quantitative estimate of drug-likeness (QED) is 0.661. The van der Waals surface area contributed by atoms with Crippen molar-refractivity contribution < 1.29 is 9.16 Å². The van der Waals surface area contributed by atoms with Gasteiger partial charge in [0.1, 0.15) is 0 Å². The Morgan fingerprint density at radius 1 is 1.21 bits per heavy atom. The summed E-state index contributed by atoms with van der Waals surface area (Å²) in [5.74, 6) is 0.559. The maximum Gasteiger partial charge on any atom is 0.192 e. The summed E-state index contributed by atoms with van der Waals surface area (Å²) in [6.45, 7) is 15.3. The van der Waals surface area contributed by atoms with Gasteiger partial charge in [-0.05, 0) is 18.1 Å².